The quantitative estimate of drug-likeness (QED) is 0.873. The zero-order valence-electron chi connectivity index (χ0n) is 12.0. The Hall–Kier alpha value is -1.11. The first-order valence-electron chi connectivity index (χ1n) is 6.91. The molecule has 1 aromatic carbocycles. The van der Waals surface area contributed by atoms with Gasteiger partial charge in [-0.15, -0.1) is 0 Å². The number of nitrogens with zero attached hydrogens (tertiary/aromatic N) is 1. The van der Waals surface area contributed by atoms with E-state index < -0.39 is 5.60 Å². The summed E-state index contributed by atoms with van der Waals surface area (Å²) < 4.78 is 11.6. The third-order valence-electron chi connectivity index (χ3n) is 3.54. The van der Waals surface area contributed by atoms with Gasteiger partial charge >= 0.3 is 0 Å². The first kappa shape index (κ1) is 16.3. The number of likely N-dealkylation sites (N-methyl/N-ethyl adjacent to an activating group) is 1. The van der Waals surface area contributed by atoms with Gasteiger partial charge in [0.25, 0.3) is 5.91 Å². The smallest absolute Gasteiger partial charge is 0.260 e. The number of rotatable bonds is 5. The van der Waals surface area contributed by atoms with Crippen molar-refractivity contribution in [2.24, 2.45) is 0 Å². The van der Waals surface area contributed by atoms with E-state index in [1.165, 1.54) is 4.90 Å². The fraction of sp³-hybridized carbons (Fsp3) is 0.533. The van der Waals surface area contributed by atoms with Crippen LogP contribution in [0.1, 0.15) is 12.8 Å². The highest BCUT2D eigenvalue weighted by Crippen LogP contribution is 2.21. The van der Waals surface area contributed by atoms with Crippen LogP contribution in [-0.4, -0.2) is 54.9 Å². The molecule has 0 spiro atoms. The van der Waals surface area contributed by atoms with Crippen LogP contribution in [0.15, 0.2) is 28.7 Å². The van der Waals surface area contributed by atoms with Crippen LogP contribution < -0.4 is 4.74 Å². The minimum absolute atomic E-state index is 0.0421. The van der Waals surface area contributed by atoms with Gasteiger partial charge in [0.05, 0.1) is 5.60 Å². The maximum absolute atomic E-state index is 12.1. The number of aliphatic hydroxyl groups is 1. The van der Waals surface area contributed by atoms with Gasteiger partial charge < -0.3 is 19.5 Å². The summed E-state index contributed by atoms with van der Waals surface area (Å²) in [6.07, 6.45) is 1.11. The molecule has 6 heteroatoms. The van der Waals surface area contributed by atoms with E-state index >= 15 is 0 Å². The number of halogens is 1. The molecule has 5 nitrogen and oxygen atoms in total. The van der Waals surface area contributed by atoms with Gasteiger partial charge in [0, 0.05) is 44.1 Å². The zero-order valence-corrected chi connectivity index (χ0v) is 13.6. The number of ether oxygens (including phenoxy) is 2. The Labute approximate surface area is 133 Å². The molecule has 21 heavy (non-hydrogen) atoms. The van der Waals surface area contributed by atoms with Crippen LogP contribution in [0.5, 0.6) is 5.75 Å². The molecule has 1 fully saturated rings. The summed E-state index contributed by atoms with van der Waals surface area (Å²) in [5, 5.41) is 10.4. The molecule has 0 radical (unpaired) electrons. The van der Waals surface area contributed by atoms with E-state index in [0.717, 1.165) is 4.47 Å². The lowest BCUT2D eigenvalue weighted by molar-refractivity contribution is -0.138. The van der Waals surface area contributed by atoms with Gasteiger partial charge in [0.1, 0.15) is 5.75 Å². The Balaban J connectivity index is 1.82. The summed E-state index contributed by atoms with van der Waals surface area (Å²) in [6, 6.07) is 7.34. The molecule has 0 aromatic heterocycles. The van der Waals surface area contributed by atoms with Gasteiger partial charge in [0.2, 0.25) is 0 Å². The van der Waals surface area contributed by atoms with Gasteiger partial charge in [-0.05, 0) is 18.2 Å². The van der Waals surface area contributed by atoms with E-state index in [1.54, 1.807) is 19.2 Å². The van der Waals surface area contributed by atoms with Crippen LogP contribution in [0.3, 0.4) is 0 Å². The molecule has 2 rings (SSSR count). The fourth-order valence-electron chi connectivity index (χ4n) is 2.25. The Morgan fingerprint density at radius 3 is 2.86 bits per heavy atom. The molecule has 0 bridgehead atoms. The Bertz CT molecular complexity index is 488. The third-order valence-corrected chi connectivity index (χ3v) is 4.03. The van der Waals surface area contributed by atoms with Crippen LogP contribution in [0.4, 0.5) is 0 Å². The molecule has 0 aliphatic carbocycles. The predicted octanol–water partition coefficient (Wildman–Crippen LogP) is 1.83. The molecular formula is C15H20BrNO4. The summed E-state index contributed by atoms with van der Waals surface area (Å²) >= 11 is 3.35. The minimum atomic E-state index is -0.849. The van der Waals surface area contributed by atoms with Crippen molar-refractivity contribution in [2.45, 2.75) is 18.4 Å². The number of carbonyl (C=O) groups excluding carboxylic acids is 1. The van der Waals surface area contributed by atoms with Crippen molar-refractivity contribution in [1.82, 2.24) is 4.90 Å². The van der Waals surface area contributed by atoms with Crippen LogP contribution in [0, 0.1) is 0 Å². The maximum atomic E-state index is 12.1. The summed E-state index contributed by atoms with van der Waals surface area (Å²) in [5.74, 6) is 0.478. The topological polar surface area (TPSA) is 59.0 Å². The molecule has 116 valence electrons. The molecule has 0 unspecified atom stereocenters. The molecule has 0 saturated carbocycles. The van der Waals surface area contributed by atoms with Crippen molar-refractivity contribution in [3.63, 3.8) is 0 Å². The van der Waals surface area contributed by atoms with Crippen molar-refractivity contribution >= 4 is 21.8 Å². The molecule has 0 atom stereocenters. The molecule has 1 amide bonds. The van der Waals surface area contributed by atoms with E-state index in [9.17, 15) is 9.90 Å². The molecule has 1 N–H and O–H groups in total. The van der Waals surface area contributed by atoms with Crippen molar-refractivity contribution in [2.75, 3.05) is 33.4 Å². The lowest BCUT2D eigenvalue weighted by atomic mass is 9.94. The van der Waals surface area contributed by atoms with Crippen LogP contribution >= 0.6 is 15.9 Å². The van der Waals surface area contributed by atoms with E-state index in [0.29, 0.717) is 38.3 Å². The van der Waals surface area contributed by atoms with Crippen LogP contribution in [0.2, 0.25) is 0 Å². The second-order valence-corrected chi connectivity index (χ2v) is 6.25. The summed E-state index contributed by atoms with van der Waals surface area (Å²) in [4.78, 5) is 13.6. The molecule has 1 aromatic rings. The fourth-order valence-corrected chi connectivity index (χ4v) is 2.63. The average Bonchev–Trinajstić information content (AvgIpc) is 2.45. The van der Waals surface area contributed by atoms with Gasteiger partial charge in [0.15, 0.2) is 6.61 Å². The third kappa shape index (κ3) is 4.98. The van der Waals surface area contributed by atoms with Gasteiger partial charge in [-0.2, -0.15) is 0 Å². The van der Waals surface area contributed by atoms with Crippen molar-refractivity contribution in [3.8, 4) is 5.75 Å². The normalized spacial score (nSPS) is 17.3. The highest BCUT2D eigenvalue weighted by Gasteiger charge is 2.32. The number of carbonyl (C=O) groups is 1. The maximum Gasteiger partial charge on any atom is 0.260 e. The molecule has 1 aliphatic rings. The number of amides is 1. The van der Waals surface area contributed by atoms with Crippen LogP contribution in [-0.2, 0) is 9.53 Å². The van der Waals surface area contributed by atoms with Gasteiger partial charge in [-0.3, -0.25) is 4.79 Å². The summed E-state index contributed by atoms with van der Waals surface area (Å²) in [5.41, 5.74) is -0.849. The Morgan fingerprint density at radius 1 is 1.48 bits per heavy atom. The van der Waals surface area contributed by atoms with E-state index in [1.807, 2.05) is 12.1 Å². The largest absolute Gasteiger partial charge is 0.484 e. The SMILES string of the molecule is CN(CC1(O)CCOCC1)C(=O)COc1cccc(Br)c1. The van der Waals surface area contributed by atoms with Crippen LogP contribution in [0.25, 0.3) is 0 Å². The molecule has 1 aliphatic heterocycles. The number of hydrogen-bond donors (Lipinski definition) is 1. The molecule has 1 heterocycles. The Morgan fingerprint density at radius 2 is 2.19 bits per heavy atom. The highest BCUT2D eigenvalue weighted by atomic mass is 79.9. The van der Waals surface area contributed by atoms with E-state index in [-0.39, 0.29) is 12.5 Å². The summed E-state index contributed by atoms with van der Waals surface area (Å²) in [7, 11) is 1.68. The monoisotopic (exact) mass is 357 g/mol. The first-order chi connectivity index (χ1) is 9.98. The number of benzene rings is 1. The van der Waals surface area contributed by atoms with Crippen molar-refractivity contribution in [1.29, 1.82) is 0 Å². The molecule has 1 saturated heterocycles. The highest BCUT2D eigenvalue weighted by molar-refractivity contribution is 9.10. The van der Waals surface area contributed by atoms with Gasteiger partial charge in [-0.1, -0.05) is 22.0 Å². The number of hydrogen-bond acceptors (Lipinski definition) is 4. The summed E-state index contributed by atoms with van der Waals surface area (Å²) in [6.45, 7) is 1.33. The van der Waals surface area contributed by atoms with Gasteiger partial charge in [-0.25, -0.2) is 0 Å². The average molecular weight is 358 g/mol. The first-order valence-corrected chi connectivity index (χ1v) is 7.70. The van der Waals surface area contributed by atoms with E-state index in [4.69, 9.17) is 9.47 Å². The Kier molecular flexibility index (Phi) is 5.61. The van der Waals surface area contributed by atoms with Crippen molar-refractivity contribution < 1.29 is 19.4 Å². The standard InChI is InChI=1S/C15H20BrNO4/c1-17(11-15(19)5-7-20-8-6-15)14(18)10-21-13-4-2-3-12(16)9-13/h2-4,9,19H,5-8,10-11H2,1H3. The minimum Gasteiger partial charge on any atom is -0.484 e. The zero-order chi connectivity index (χ0) is 15.3. The lowest BCUT2D eigenvalue weighted by Gasteiger charge is -2.35. The molecular weight excluding hydrogens is 338 g/mol. The second kappa shape index (κ2) is 7.24. The van der Waals surface area contributed by atoms with Crippen molar-refractivity contribution in [3.05, 3.63) is 28.7 Å². The predicted molar refractivity (Wildman–Crippen MR) is 82.3 cm³/mol. The lowest BCUT2D eigenvalue weighted by Crippen LogP contribution is -2.48. The van der Waals surface area contributed by atoms with E-state index in [2.05, 4.69) is 15.9 Å². The second-order valence-electron chi connectivity index (χ2n) is 5.33.